The van der Waals surface area contributed by atoms with Gasteiger partial charge in [0, 0.05) is 31.7 Å². The Bertz CT molecular complexity index is 878. The smallest absolute Gasteiger partial charge is 0.261 e. The van der Waals surface area contributed by atoms with E-state index in [-0.39, 0.29) is 11.8 Å². The molecule has 1 heterocycles. The lowest BCUT2D eigenvalue weighted by molar-refractivity contribution is 0.0652. The minimum absolute atomic E-state index is 0.197. The molecule has 29 heavy (non-hydrogen) atoms. The second-order valence-electron chi connectivity index (χ2n) is 6.82. The van der Waals surface area contributed by atoms with Crippen molar-refractivity contribution in [2.24, 2.45) is 4.99 Å². The number of aliphatic imine (C=N–C) groups is 1. The highest BCUT2D eigenvalue weighted by molar-refractivity contribution is 6.30. The monoisotopic (exact) mass is 412 g/mol. The van der Waals surface area contributed by atoms with Gasteiger partial charge in [-0.05, 0) is 49.1 Å². The third-order valence-corrected chi connectivity index (χ3v) is 5.03. The molecule has 0 aromatic heterocycles. The average molecular weight is 413 g/mol. The third-order valence-electron chi connectivity index (χ3n) is 4.80. The van der Waals surface area contributed by atoms with Crippen molar-refractivity contribution < 1.29 is 9.59 Å². The Balaban J connectivity index is 1.34. The normalized spacial score (nSPS) is 13.6. The van der Waals surface area contributed by atoms with Crippen molar-refractivity contribution in [1.29, 1.82) is 0 Å². The van der Waals surface area contributed by atoms with E-state index in [1.807, 2.05) is 24.3 Å². The maximum atomic E-state index is 12.3. The lowest BCUT2D eigenvalue weighted by Gasteiger charge is -2.15. The number of hydrogen-bond acceptors (Lipinski definition) is 3. The van der Waals surface area contributed by atoms with E-state index in [0.29, 0.717) is 24.2 Å². The Morgan fingerprint density at radius 3 is 2.31 bits per heavy atom. The molecule has 2 amide bonds. The van der Waals surface area contributed by atoms with Gasteiger partial charge in [0.25, 0.3) is 11.8 Å². The summed E-state index contributed by atoms with van der Waals surface area (Å²) in [7, 11) is 1.73. The second kappa shape index (κ2) is 10.1. The first-order valence-electron chi connectivity index (χ1n) is 9.74. The van der Waals surface area contributed by atoms with Crippen LogP contribution in [0.4, 0.5) is 0 Å². The van der Waals surface area contributed by atoms with Gasteiger partial charge in [-0.15, -0.1) is 0 Å². The maximum absolute atomic E-state index is 12.3. The molecule has 0 bridgehead atoms. The first kappa shape index (κ1) is 20.9. The van der Waals surface area contributed by atoms with Crippen LogP contribution in [0.3, 0.4) is 0 Å². The number of hydrogen-bond donors (Lipinski definition) is 2. The number of nitrogens with zero attached hydrogens (tertiary/aromatic N) is 2. The molecule has 0 spiro atoms. The van der Waals surface area contributed by atoms with E-state index < -0.39 is 0 Å². The number of rotatable bonds is 8. The van der Waals surface area contributed by atoms with Gasteiger partial charge in [0.1, 0.15) is 0 Å². The van der Waals surface area contributed by atoms with Crippen LogP contribution in [0.2, 0.25) is 5.02 Å². The van der Waals surface area contributed by atoms with Crippen LogP contribution in [0.15, 0.2) is 53.5 Å². The van der Waals surface area contributed by atoms with Crippen molar-refractivity contribution in [3.63, 3.8) is 0 Å². The Morgan fingerprint density at radius 1 is 0.966 bits per heavy atom. The summed E-state index contributed by atoms with van der Waals surface area (Å²) in [6, 6.07) is 14.8. The summed E-state index contributed by atoms with van der Waals surface area (Å²) >= 11 is 6.00. The molecular formula is C22H25ClN4O2. The van der Waals surface area contributed by atoms with Gasteiger partial charge in [-0.2, -0.15) is 0 Å². The van der Waals surface area contributed by atoms with Crippen molar-refractivity contribution in [1.82, 2.24) is 15.5 Å². The van der Waals surface area contributed by atoms with Crippen LogP contribution >= 0.6 is 11.6 Å². The van der Waals surface area contributed by atoms with Crippen molar-refractivity contribution in [3.05, 3.63) is 70.2 Å². The van der Waals surface area contributed by atoms with Gasteiger partial charge >= 0.3 is 0 Å². The predicted octanol–water partition coefficient (Wildman–Crippen LogP) is 3.12. The zero-order chi connectivity index (χ0) is 20.6. The molecule has 0 radical (unpaired) electrons. The van der Waals surface area contributed by atoms with Crippen LogP contribution in [-0.2, 0) is 6.42 Å². The van der Waals surface area contributed by atoms with Gasteiger partial charge in [-0.1, -0.05) is 35.9 Å². The zero-order valence-electron chi connectivity index (χ0n) is 16.5. The number of halogens is 1. The highest BCUT2D eigenvalue weighted by Crippen LogP contribution is 2.22. The number of nitrogens with one attached hydrogen (secondary N) is 2. The molecule has 1 aliphatic heterocycles. The number of imide groups is 1. The minimum Gasteiger partial charge on any atom is -0.356 e. The molecule has 2 N–H and O–H groups in total. The van der Waals surface area contributed by atoms with Gasteiger partial charge in [-0.25, -0.2) is 0 Å². The SMILES string of the molecule is CN=C(NCCCCN1C(=O)c2ccccc2C1=O)NCCc1cccc(Cl)c1. The summed E-state index contributed by atoms with van der Waals surface area (Å²) in [6.45, 7) is 1.88. The number of unbranched alkanes of at least 4 members (excludes halogenated alkanes) is 1. The van der Waals surface area contributed by atoms with Crippen LogP contribution in [0.5, 0.6) is 0 Å². The van der Waals surface area contributed by atoms with Crippen LogP contribution in [0.1, 0.15) is 39.1 Å². The molecule has 7 heteroatoms. The maximum Gasteiger partial charge on any atom is 0.261 e. The van der Waals surface area contributed by atoms with Crippen LogP contribution in [0.25, 0.3) is 0 Å². The Labute approximate surface area is 176 Å². The topological polar surface area (TPSA) is 73.8 Å². The standard InChI is InChI=1S/C22H25ClN4O2/c1-24-22(26-13-11-16-7-6-8-17(23)15-16)25-12-4-5-14-27-20(28)18-9-2-3-10-19(18)21(27)29/h2-3,6-10,15H,4-5,11-14H2,1H3,(H2,24,25,26). The van der Waals surface area contributed by atoms with E-state index in [2.05, 4.69) is 15.6 Å². The molecule has 2 aromatic rings. The number of benzene rings is 2. The summed E-state index contributed by atoms with van der Waals surface area (Å²) in [4.78, 5) is 30.2. The van der Waals surface area contributed by atoms with E-state index >= 15 is 0 Å². The number of carbonyl (C=O) groups excluding carboxylic acids is 2. The Kier molecular flexibility index (Phi) is 7.25. The Hall–Kier alpha value is -2.86. The summed E-state index contributed by atoms with van der Waals surface area (Å²) < 4.78 is 0. The van der Waals surface area contributed by atoms with E-state index in [0.717, 1.165) is 36.8 Å². The molecule has 0 unspecified atom stereocenters. The van der Waals surface area contributed by atoms with Gasteiger partial charge in [0.05, 0.1) is 11.1 Å². The van der Waals surface area contributed by atoms with E-state index in [4.69, 9.17) is 11.6 Å². The van der Waals surface area contributed by atoms with Crippen LogP contribution < -0.4 is 10.6 Å². The quantitative estimate of drug-likeness (QED) is 0.302. The van der Waals surface area contributed by atoms with Gasteiger partial charge in [-0.3, -0.25) is 19.5 Å². The highest BCUT2D eigenvalue weighted by atomic mass is 35.5. The largest absolute Gasteiger partial charge is 0.356 e. The molecule has 152 valence electrons. The first-order chi connectivity index (χ1) is 14.1. The minimum atomic E-state index is -0.197. The molecule has 0 aliphatic carbocycles. The van der Waals surface area contributed by atoms with Crippen molar-refractivity contribution in [2.75, 3.05) is 26.7 Å². The molecular weight excluding hydrogens is 388 g/mol. The molecule has 0 saturated carbocycles. The van der Waals surface area contributed by atoms with Gasteiger partial charge < -0.3 is 10.6 Å². The fourth-order valence-electron chi connectivity index (χ4n) is 3.28. The Morgan fingerprint density at radius 2 is 1.66 bits per heavy atom. The third kappa shape index (κ3) is 5.35. The van der Waals surface area contributed by atoms with E-state index in [1.165, 1.54) is 10.5 Å². The number of fused-ring (bicyclic) bond motifs is 1. The van der Waals surface area contributed by atoms with Crippen molar-refractivity contribution >= 4 is 29.4 Å². The van der Waals surface area contributed by atoms with Gasteiger partial charge in [0.2, 0.25) is 0 Å². The predicted molar refractivity (Wildman–Crippen MR) is 116 cm³/mol. The van der Waals surface area contributed by atoms with Crippen LogP contribution in [0, 0.1) is 0 Å². The number of guanidine groups is 1. The lowest BCUT2D eigenvalue weighted by atomic mass is 10.1. The summed E-state index contributed by atoms with van der Waals surface area (Å²) in [5, 5.41) is 7.27. The van der Waals surface area contributed by atoms with Gasteiger partial charge in [0.15, 0.2) is 5.96 Å². The van der Waals surface area contributed by atoms with E-state index in [9.17, 15) is 9.59 Å². The molecule has 1 aliphatic rings. The zero-order valence-corrected chi connectivity index (χ0v) is 17.2. The molecule has 0 saturated heterocycles. The lowest BCUT2D eigenvalue weighted by Crippen LogP contribution is -2.39. The van der Waals surface area contributed by atoms with E-state index in [1.54, 1.807) is 31.3 Å². The molecule has 3 rings (SSSR count). The number of amides is 2. The van der Waals surface area contributed by atoms with Crippen LogP contribution in [-0.4, -0.2) is 49.4 Å². The fraction of sp³-hybridized carbons (Fsp3) is 0.318. The van der Waals surface area contributed by atoms with Crippen molar-refractivity contribution in [2.45, 2.75) is 19.3 Å². The summed E-state index contributed by atoms with van der Waals surface area (Å²) in [5.41, 5.74) is 2.17. The van der Waals surface area contributed by atoms with Crippen molar-refractivity contribution in [3.8, 4) is 0 Å². The second-order valence-corrected chi connectivity index (χ2v) is 7.26. The number of carbonyl (C=O) groups is 2. The fourth-order valence-corrected chi connectivity index (χ4v) is 3.50. The summed E-state index contributed by atoms with van der Waals surface area (Å²) in [6.07, 6.45) is 2.40. The first-order valence-corrected chi connectivity index (χ1v) is 10.1. The molecule has 0 fully saturated rings. The summed E-state index contributed by atoms with van der Waals surface area (Å²) in [5.74, 6) is 0.335. The molecule has 6 nitrogen and oxygen atoms in total. The average Bonchev–Trinajstić information content (AvgIpc) is 2.97. The molecule has 2 aromatic carbocycles. The highest BCUT2D eigenvalue weighted by Gasteiger charge is 2.34. The molecule has 0 atom stereocenters.